The summed E-state index contributed by atoms with van der Waals surface area (Å²) in [4.78, 5) is 37.9. The van der Waals surface area contributed by atoms with Crippen LogP contribution in [0.15, 0.2) is 24.3 Å². The Labute approximate surface area is 198 Å². The number of nitro groups is 1. The van der Waals surface area contributed by atoms with E-state index < -0.39 is 37.5 Å². The summed E-state index contributed by atoms with van der Waals surface area (Å²) in [5.41, 5.74) is -0.387. The van der Waals surface area contributed by atoms with Gasteiger partial charge in [-0.25, -0.2) is 4.79 Å². The summed E-state index contributed by atoms with van der Waals surface area (Å²) < 4.78 is 12.2. The van der Waals surface area contributed by atoms with Gasteiger partial charge in [-0.3, -0.25) is 14.9 Å². The van der Waals surface area contributed by atoms with Crippen LogP contribution in [0.1, 0.15) is 33.3 Å². The maximum absolute atomic E-state index is 13.3. The number of nitro benzene ring substituents is 1. The maximum Gasteiger partial charge on any atom is 0.335 e. The summed E-state index contributed by atoms with van der Waals surface area (Å²) in [6.07, 6.45) is 0. The Kier molecular flexibility index (Phi) is 6.86. The number of thiocarbonyl (C=S) groups is 1. The van der Waals surface area contributed by atoms with Gasteiger partial charge >= 0.3 is 5.97 Å². The van der Waals surface area contributed by atoms with Crippen LogP contribution < -0.4 is 0 Å². The number of hydrogen-bond acceptors (Lipinski definition) is 8. The smallest absolute Gasteiger partial charge is 0.335 e. The van der Waals surface area contributed by atoms with Gasteiger partial charge in [0.15, 0.2) is 15.1 Å². The predicted octanol–water partition coefficient (Wildman–Crippen LogP) is 3.67. The number of hydrogen-bond donors (Lipinski definition) is 0. The molecular weight excluding hydrogens is 468 g/mol. The standard InChI is InChI=1S/C21H28N2O6S2Si/c1-20(2,3)21(4,29-32(5)6)14-16(24)22-15(19(30)31-17(14)22)18(25)28-11-12-7-9-13(10-8-12)23(26)27/h7-10,14-15,17,32H,11H2,1-6H3/t14?,15?,17-,21?/m1/s1. The Morgan fingerprint density at radius 3 is 2.34 bits per heavy atom. The summed E-state index contributed by atoms with van der Waals surface area (Å²) in [6, 6.07) is 4.85. The highest BCUT2D eigenvalue weighted by molar-refractivity contribution is 8.24. The van der Waals surface area contributed by atoms with Crippen molar-refractivity contribution in [3.8, 4) is 0 Å². The van der Waals surface area contributed by atoms with Crippen LogP contribution in [0.4, 0.5) is 5.69 Å². The lowest BCUT2D eigenvalue weighted by molar-refractivity contribution is -0.384. The van der Waals surface area contributed by atoms with Gasteiger partial charge in [-0.05, 0) is 43.1 Å². The Morgan fingerprint density at radius 1 is 1.25 bits per heavy atom. The van der Waals surface area contributed by atoms with Crippen LogP contribution >= 0.6 is 24.0 Å². The first-order valence-corrected chi connectivity index (χ1v) is 14.4. The van der Waals surface area contributed by atoms with Gasteiger partial charge in [0.1, 0.15) is 6.61 Å². The van der Waals surface area contributed by atoms with Crippen molar-refractivity contribution in [3.05, 3.63) is 39.9 Å². The fraction of sp³-hybridized carbons (Fsp3) is 0.571. The number of esters is 1. The molecule has 0 spiro atoms. The topological polar surface area (TPSA) is 99.0 Å². The number of nitrogens with zero attached hydrogens (tertiary/aromatic N) is 2. The lowest BCUT2D eigenvalue weighted by Gasteiger charge is -2.56. The number of thioether (sulfide) groups is 1. The number of carbonyl (C=O) groups excluding carboxylic acids is 2. The van der Waals surface area contributed by atoms with Crippen LogP contribution in [0.25, 0.3) is 0 Å². The van der Waals surface area contributed by atoms with Crippen LogP contribution in [-0.2, 0) is 25.4 Å². The van der Waals surface area contributed by atoms with E-state index in [1.807, 2.05) is 6.92 Å². The first-order chi connectivity index (χ1) is 14.8. The van der Waals surface area contributed by atoms with E-state index in [-0.39, 0.29) is 29.0 Å². The van der Waals surface area contributed by atoms with Gasteiger partial charge in [-0.15, -0.1) is 0 Å². The zero-order valence-electron chi connectivity index (χ0n) is 19.0. The van der Waals surface area contributed by atoms with Gasteiger partial charge in [0.05, 0.1) is 26.0 Å². The molecule has 0 N–H and O–H groups in total. The average Bonchev–Trinajstić information content (AvgIpc) is 2.97. The van der Waals surface area contributed by atoms with E-state index in [1.165, 1.54) is 40.9 Å². The minimum absolute atomic E-state index is 0.0397. The molecule has 1 amide bonds. The molecular formula is C21H28N2O6S2Si. The molecule has 2 aliphatic rings. The Bertz CT molecular complexity index is 949. The van der Waals surface area contributed by atoms with Crippen LogP contribution in [-0.4, -0.2) is 52.0 Å². The fourth-order valence-corrected chi connectivity index (χ4v) is 7.47. The molecule has 0 bridgehead atoms. The molecule has 174 valence electrons. The zero-order valence-corrected chi connectivity index (χ0v) is 21.8. The van der Waals surface area contributed by atoms with Gasteiger partial charge < -0.3 is 14.1 Å². The van der Waals surface area contributed by atoms with Crippen molar-refractivity contribution in [2.45, 2.75) is 64.4 Å². The highest BCUT2D eigenvalue weighted by Gasteiger charge is 2.67. The molecule has 2 saturated heterocycles. The molecule has 0 aliphatic carbocycles. The normalized spacial score (nSPS) is 24.7. The van der Waals surface area contributed by atoms with E-state index in [2.05, 4.69) is 33.9 Å². The quantitative estimate of drug-likeness (QED) is 0.141. The molecule has 8 nitrogen and oxygen atoms in total. The first kappa shape index (κ1) is 24.8. The SMILES string of the molecule is C[SiH](C)OC(C)(C1C(=O)N2C(C(=O)OCc3ccc([N+](=O)[O-])cc3)C(=S)S[C@H]12)C(C)(C)C. The molecule has 3 rings (SSSR count). The Balaban J connectivity index is 1.72. The van der Waals surface area contributed by atoms with Crippen molar-refractivity contribution in [2.24, 2.45) is 11.3 Å². The summed E-state index contributed by atoms with van der Waals surface area (Å²) in [7, 11) is -1.45. The van der Waals surface area contributed by atoms with Crippen molar-refractivity contribution in [1.29, 1.82) is 0 Å². The van der Waals surface area contributed by atoms with Crippen molar-refractivity contribution >= 4 is 54.8 Å². The van der Waals surface area contributed by atoms with Gasteiger partial charge in [0.25, 0.3) is 5.69 Å². The molecule has 2 heterocycles. The summed E-state index contributed by atoms with van der Waals surface area (Å²) >= 11 is 6.82. The highest BCUT2D eigenvalue weighted by atomic mass is 32.2. The fourth-order valence-electron chi connectivity index (χ4n) is 4.05. The molecule has 1 aromatic rings. The lowest BCUT2D eigenvalue weighted by atomic mass is 9.66. The number of ether oxygens (including phenoxy) is 1. The number of amides is 1. The third-order valence-electron chi connectivity index (χ3n) is 6.13. The number of benzene rings is 1. The van der Waals surface area contributed by atoms with E-state index in [0.29, 0.717) is 9.76 Å². The minimum atomic E-state index is -1.45. The predicted molar refractivity (Wildman–Crippen MR) is 129 cm³/mol. The number of fused-ring (bicyclic) bond motifs is 1. The second kappa shape index (κ2) is 8.84. The molecule has 3 unspecified atom stereocenters. The van der Waals surface area contributed by atoms with Crippen LogP contribution in [0.2, 0.25) is 13.1 Å². The van der Waals surface area contributed by atoms with Gasteiger partial charge in [-0.1, -0.05) is 44.8 Å². The number of β-lactam (4-membered cyclic amide) rings is 1. The van der Waals surface area contributed by atoms with Crippen molar-refractivity contribution in [2.75, 3.05) is 0 Å². The maximum atomic E-state index is 13.3. The number of carbonyl (C=O) groups is 2. The molecule has 0 radical (unpaired) electrons. The third kappa shape index (κ3) is 4.35. The van der Waals surface area contributed by atoms with E-state index in [1.54, 1.807) is 0 Å². The lowest BCUT2D eigenvalue weighted by Crippen LogP contribution is -2.71. The second-order valence-corrected chi connectivity index (χ2v) is 13.7. The van der Waals surface area contributed by atoms with Gasteiger partial charge in [0, 0.05) is 12.1 Å². The summed E-state index contributed by atoms with van der Waals surface area (Å²) in [5, 5.41) is 10.5. The molecule has 2 aliphatic heterocycles. The van der Waals surface area contributed by atoms with Gasteiger partial charge in [0.2, 0.25) is 5.91 Å². The van der Waals surface area contributed by atoms with E-state index in [0.717, 1.165) is 0 Å². The third-order valence-corrected chi connectivity index (χ3v) is 8.80. The van der Waals surface area contributed by atoms with E-state index in [4.69, 9.17) is 21.4 Å². The van der Waals surface area contributed by atoms with Crippen molar-refractivity contribution in [1.82, 2.24) is 4.90 Å². The van der Waals surface area contributed by atoms with Crippen LogP contribution in [0, 0.1) is 21.4 Å². The molecule has 32 heavy (non-hydrogen) atoms. The highest BCUT2D eigenvalue weighted by Crippen LogP contribution is 2.54. The molecule has 1 aromatic carbocycles. The number of non-ortho nitro benzene ring substituents is 1. The molecule has 0 saturated carbocycles. The Hall–Kier alpha value is -1.82. The monoisotopic (exact) mass is 496 g/mol. The van der Waals surface area contributed by atoms with Gasteiger partial charge in [-0.2, -0.15) is 0 Å². The average molecular weight is 497 g/mol. The van der Waals surface area contributed by atoms with E-state index >= 15 is 0 Å². The molecule has 0 aromatic heterocycles. The summed E-state index contributed by atoms with van der Waals surface area (Å²) in [5.74, 6) is -1.13. The van der Waals surface area contributed by atoms with Crippen LogP contribution in [0.3, 0.4) is 0 Å². The number of rotatable bonds is 7. The van der Waals surface area contributed by atoms with E-state index in [9.17, 15) is 19.7 Å². The molecule has 4 atom stereocenters. The van der Waals surface area contributed by atoms with Crippen LogP contribution in [0.5, 0.6) is 0 Å². The van der Waals surface area contributed by atoms with Crippen molar-refractivity contribution < 1.29 is 23.7 Å². The van der Waals surface area contributed by atoms with Crippen molar-refractivity contribution in [3.63, 3.8) is 0 Å². The Morgan fingerprint density at radius 2 is 1.84 bits per heavy atom. The second-order valence-electron chi connectivity index (χ2n) is 9.51. The first-order valence-electron chi connectivity index (χ1n) is 10.4. The molecule has 11 heteroatoms. The largest absolute Gasteiger partial charge is 0.459 e. The summed E-state index contributed by atoms with van der Waals surface area (Å²) in [6.45, 7) is 12.3. The zero-order chi connectivity index (χ0) is 24.0. The minimum Gasteiger partial charge on any atom is -0.459 e. The molecule has 2 fully saturated rings.